The van der Waals surface area contributed by atoms with Gasteiger partial charge >= 0.3 is 0 Å². The lowest BCUT2D eigenvalue weighted by atomic mass is 9.90. The highest BCUT2D eigenvalue weighted by Crippen LogP contribution is 2.27. The van der Waals surface area contributed by atoms with E-state index in [2.05, 4.69) is 61.4 Å². The van der Waals surface area contributed by atoms with Gasteiger partial charge < -0.3 is 10.4 Å². The zero-order valence-corrected chi connectivity index (χ0v) is 19.8. The number of piperazine rings is 1. The van der Waals surface area contributed by atoms with E-state index in [1.807, 2.05) is 12.1 Å². The molecule has 2 heterocycles. The molecule has 0 radical (unpaired) electrons. The summed E-state index contributed by atoms with van der Waals surface area (Å²) in [6.45, 7) is 7.75. The van der Waals surface area contributed by atoms with E-state index >= 15 is 0 Å². The van der Waals surface area contributed by atoms with Crippen LogP contribution >= 0.6 is 27.5 Å². The van der Waals surface area contributed by atoms with Gasteiger partial charge in [-0.25, -0.2) is 0 Å². The van der Waals surface area contributed by atoms with E-state index in [1.54, 1.807) is 0 Å². The van der Waals surface area contributed by atoms with Crippen LogP contribution < -0.4 is 5.32 Å². The van der Waals surface area contributed by atoms with Crippen molar-refractivity contribution in [2.24, 2.45) is 0 Å². The summed E-state index contributed by atoms with van der Waals surface area (Å²) >= 11 is 9.68. The Bertz CT molecular complexity index is 831. The first kappa shape index (κ1) is 22.3. The molecule has 2 aliphatic heterocycles. The van der Waals surface area contributed by atoms with Crippen LogP contribution in [0.25, 0.3) is 0 Å². The molecule has 30 heavy (non-hydrogen) atoms. The minimum Gasteiger partial charge on any atom is -0.388 e. The fourth-order valence-corrected chi connectivity index (χ4v) is 5.08. The van der Waals surface area contributed by atoms with Crippen LogP contribution in [0.5, 0.6) is 0 Å². The number of rotatable bonds is 6. The third-order valence-corrected chi connectivity index (χ3v) is 7.13. The molecule has 2 fully saturated rings. The van der Waals surface area contributed by atoms with Gasteiger partial charge in [-0.2, -0.15) is 0 Å². The SMILES string of the molecule is OC1(CN2CCNCC2)CCN(Cc2cc(Br)ccc2Cc2ccc(Cl)cc2)CC1. The van der Waals surface area contributed by atoms with Gasteiger partial charge in [-0.1, -0.05) is 45.7 Å². The van der Waals surface area contributed by atoms with Gasteiger partial charge in [0.25, 0.3) is 0 Å². The van der Waals surface area contributed by atoms with E-state index in [9.17, 15) is 5.11 Å². The Kier molecular flexibility index (Phi) is 7.50. The van der Waals surface area contributed by atoms with Crippen molar-refractivity contribution in [3.63, 3.8) is 0 Å². The Morgan fingerprint density at radius 1 is 0.933 bits per heavy atom. The third-order valence-electron chi connectivity index (χ3n) is 6.38. The van der Waals surface area contributed by atoms with Crippen molar-refractivity contribution in [2.75, 3.05) is 45.8 Å². The van der Waals surface area contributed by atoms with Crippen LogP contribution in [0.3, 0.4) is 0 Å². The first-order chi connectivity index (χ1) is 14.5. The molecule has 0 bridgehead atoms. The van der Waals surface area contributed by atoms with Crippen molar-refractivity contribution in [3.8, 4) is 0 Å². The van der Waals surface area contributed by atoms with Crippen molar-refractivity contribution >= 4 is 27.5 Å². The lowest BCUT2D eigenvalue weighted by Crippen LogP contribution is -2.54. The number of β-amino-alcohol motifs (C(OH)–C–C–N with tert-alkyl or cyclic N) is 1. The number of aliphatic hydroxyl groups is 1. The van der Waals surface area contributed by atoms with Gasteiger partial charge in [0.05, 0.1) is 5.60 Å². The summed E-state index contributed by atoms with van der Waals surface area (Å²) in [6.07, 6.45) is 2.59. The summed E-state index contributed by atoms with van der Waals surface area (Å²) in [7, 11) is 0. The number of hydrogen-bond donors (Lipinski definition) is 2. The highest BCUT2D eigenvalue weighted by molar-refractivity contribution is 9.10. The van der Waals surface area contributed by atoms with Gasteiger partial charge in [0.15, 0.2) is 0 Å². The van der Waals surface area contributed by atoms with Gasteiger partial charge in [0.2, 0.25) is 0 Å². The van der Waals surface area contributed by atoms with Crippen LogP contribution in [0.4, 0.5) is 0 Å². The van der Waals surface area contributed by atoms with Gasteiger partial charge in [-0.3, -0.25) is 9.80 Å². The van der Waals surface area contributed by atoms with Crippen LogP contribution in [0.2, 0.25) is 5.02 Å². The smallest absolute Gasteiger partial charge is 0.0798 e. The normalized spacial score (nSPS) is 20.4. The van der Waals surface area contributed by atoms with Crippen LogP contribution in [0, 0.1) is 0 Å². The van der Waals surface area contributed by atoms with Gasteiger partial charge in [0, 0.05) is 61.9 Å². The number of piperidine rings is 1. The van der Waals surface area contributed by atoms with Crippen molar-refractivity contribution in [2.45, 2.75) is 31.4 Å². The van der Waals surface area contributed by atoms with E-state index in [-0.39, 0.29) is 0 Å². The molecule has 4 nitrogen and oxygen atoms in total. The predicted molar refractivity (Wildman–Crippen MR) is 127 cm³/mol. The molecule has 6 heteroatoms. The number of nitrogens with zero attached hydrogens (tertiary/aromatic N) is 2. The number of halogens is 2. The topological polar surface area (TPSA) is 38.7 Å². The Morgan fingerprint density at radius 2 is 1.63 bits per heavy atom. The van der Waals surface area contributed by atoms with Crippen LogP contribution in [0.15, 0.2) is 46.9 Å². The van der Waals surface area contributed by atoms with E-state index in [0.29, 0.717) is 0 Å². The zero-order valence-electron chi connectivity index (χ0n) is 17.4. The minimum absolute atomic E-state index is 0.544. The molecule has 0 aromatic heterocycles. The second-order valence-corrected chi connectivity index (χ2v) is 10.1. The van der Waals surface area contributed by atoms with Gasteiger partial charge in [0.1, 0.15) is 0 Å². The molecule has 2 aliphatic rings. The fraction of sp³-hybridized carbons (Fsp3) is 0.500. The first-order valence-electron chi connectivity index (χ1n) is 10.9. The van der Waals surface area contributed by atoms with E-state index in [0.717, 1.165) is 81.1 Å². The van der Waals surface area contributed by atoms with Gasteiger partial charge in [-0.05, 0) is 60.2 Å². The van der Waals surface area contributed by atoms with E-state index in [1.165, 1.54) is 16.7 Å². The quantitative estimate of drug-likeness (QED) is 0.641. The molecule has 0 unspecified atom stereocenters. The molecular formula is C24H31BrClN3O. The Labute approximate surface area is 193 Å². The molecule has 0 amide bonds. The molecule has 0 saturated carbocycles. The van der Waals surface area contributed by atoms with Crippen molar-refractivity contribution in [1.82, 2.24) is 15.1 Å². The molecule has 2 saturated heterocycles. The summed E-state index contributed by atoms with van der Waals surface area (Å²) in [6, 6.07) is 14.7. The molecule has 162 valence electrons. The summed E-state index contributed by atoms with van der Waals surface area (Å²) in [4.78, 5) is 4.89. The summed E-state index contributed by atoms with van der Waals surface area (Å²) in [5.41, 5.74) is 3.43. The highest BCUT2D eigenvalue weighted by atomic mass is 79.9. The standard InChI is InChI=1S/C24H31BrClN3O/c25-22-4-3-20(15-19-1-5-23(26)6-2-19)21(16-22)17-28-11-7-24(30,8-12-28)18-29-13-9-27-10-14-29/h1-6,16,27,30H,7-15,17-18H2. The molecule has 2 aromatic rings. The van der Waals surface area contributed by atoms with Gasteiger partial charge in [-0.15, -0.1) is 0 Å². The van der Waals surface area contributed by atoms with Crippen molar-refractivity contribution < 1.29 is 5.11 Å². The average molecular weight is 493 g/mol. The maximum absolute atomic E-state index is 11.1. The Morgan fingerprint density at radius 3 is 2.33 bits per heavy atom. The second-order valence-electron chi connectivity index (χ2n) is 8.74. The summed E-state index contributed by atoms with van der Waals surface area (Å²) in [5.74, 6) is 0. The average Bonchev–Trinajstić information content (AvgIpc) is 2.74. The van der Waals surface area contributed by atoms with Crippen LogP contribution in [-0.4, -0.2) is 66.3 Å². The molecule has 0 aliphatic carbocycles. The van der Waals surface area contributed by atoms with Crippen molar-refractivity contribution in [3.05, 3.63) is 68.7 Å². The van der Waals surface area contributed by atoms with Crippen LogP contribution in [0.1, 0.15) is 29.5 Å². The van der Waals surface area contributed by atoms with E-state index < -0.39 is 5.60 Å². The monoisotopic (exact) mass is 491 g/mol. The highest BCUT2D eigenvalue weighted by Gasteiger charge is 2.34. The maximum atomic E-state index is 11.1. The molecule has 2 N–H and O–H groups in total. The lowest BCUT2D eigenvalue weighted by Gasteiger charge is -2.42. The lowest BCUT2D eigenvalue weighted by molar-refractivity contribution is -0.0484. The first-order valence-corrected chi connectivity index (χ1v) is 12.1. The second kappa shape index (κ2) is 10.1. The van der Waals surface area contributed by atoms with Crippen LogP contribution in [-0.2, 0) is 13.0 Å². The Hall–Kier alpha value is -0.950. The molecule has 0 spiro atoms. The fourth-order valence-electron chi connectivity index (χ4n) is 4.55. The summed E-state index contributed by atoms with van der Waals surface area (Å²) < 4.78 is 1.12. The number of likely N-dealkylation sites (tertiary alicyclic amines) is 1. The summed E-state index contributed by atoms with van der Waals surface area (Å²) in [5, 5.41) is 15.3. The van der Waals surface area contributed by atoms with Crippen molar-refractivity contribution in [1.29, 1.82) is 0 Å². The Balaban J connectivity index is 1.37. The number of hydrogen-bond acceptors (Lipinski definition) is 4. The maximum Gasteiger partial charge on any atom is 0.0798 e. The molecule has 2 aromatic carbocycles. The molecular weight excluding hydrogens is 462 g/mol. The number of nitrogens with one attached hydrogen (secondary N) is 1. The largest absolute Gasteiger partial charge is 0.388 e. The minimum atomic E-state index is -0.544. The number of benzene rings is 2. The predicted octanol–water partition coefficient (Wildman–Crippen LogP) is 3.93. The molecule has 4 rings (SSSR count). The van der Waals surface area contributed by atoms with E-state index in [4.69, 9.17) is 11.6 Å². The molecule has 0 atom stereocenters. The zero-order chi connectivity index (χ0) is 21.0. The third kappa shape index (κ3) is 6.06.